The zero-order valence-electron chi connectivity index (χ0n) is 19.4. The standard InChI is InChI=1S/C25H34N6O2/c1-17(30-15-20(16-30)18-4-6-21(7-5-18)29-10-2-3-11-29)23-27-25(32)22-14-26-24(31(22)28-23)19-8-12-33-13-9-19/h4-7,14,17,19-20,22,24H,2-3,8-13,15-16H2,1H3,(H,27,28,32). The highest BCUT2D eigenvalue weighted by Crippen LogP contribution is 2.33. The fourth-order valence-electron chi connectivity index (χ4n) is 5.81. The van der Waals surface area contributed by atoms with Crippen molar-refractivity contribution in [2.75, 3.05) is 44.3 Å². The van der Waals surface area contributed by atoms with Crippen molar-refractivity contribution in [3.8, 4) is 0 Å². The van der Waals surface area contributed by atoms with Gasteiger partial charge in [0.1, 0.15) is 12.0 Å². The third-order valence-electron chi connectivity index (χ3n) is 8.06. The van der Waals surface area contributed by atoms with Crippen molar-refractivity contribution >= 4 is 23.6 Å². The van der Waals surface area contributed by atoms with Crippen molar-refractivity contribution in [3.05, 3.63) is 29.8 Å². The Hall–Kier alpha value is -2.45. The summed E-state index contributed by atoms with van der Waals surface area (Å²) >= 11 is 0. The lowest BCUT2D eigenvalue weighted by molar-refractivity contribution is -0.124. The van der Waals surface area contributed by atoms with Crippen LogP contribution in [0.15, 0.2) is 34.4 Å². The van der Waals surface area contributed by atoms with E-state index >= 15 is 0 Å². The van der Waals surface area contributed by atoms with E-state index in [0.29, 0.717) is 11.8 Å². The van der Waals surface area contributed by atoms with E-state index in [1.165, 1.54) is 37.2 Å². The molecule has 1 amide bonds. The second kappa shape index (κ2) is 8.72. The molecule has 33 heavy (non-hydrogen) atoms. The molecule has 3 unspecified atom stereocenters. The van der Waals surface area contributed by atoms with Crippen LogP contribution in [0.3, 0.4) is 0 Å². The summed E-state index contributed by atoms with van der Waals surface area (Å²) in [6.07, 6.45) is 6.27. The highest BCUT2D eigenvalue weighted by molar-refractivity contribution is 6.10. The van der Waals surface area contributed by atoms with Gasteiger partial charge in [0.2, 0.25) is 0 Å². The number of nitrogens with one attached hydrogen (secondary N) is 1. The van der Waals surface area contributed by atoms with E-state index in [9.17, 15) is 4.79 Å². The lowest BCUT2D eigenvalue weighted by atomic mass is 9.89. The lowest BCUT2D eigenvalue weighted by Crippen LogP contribution is -2.61. The van der Waals surface area contributed by atoms with Crippen LogP contribution in [0.5, 0.6) is 0 Å². The first-order valence-electron chi connectivity index (χ1n) is 12.5. The van der Waals surface area contributed by atoms with Crippen molar-refractivity contribution < 1.29 is 9.53 Å². The van der Waals surface area contributed by atoms with Gasteiger partial charge in [-0.1, -0.05) is 12.1 Å². The highest BCUT2D eigenvalue weighted by Gasteiger charge is 2.44. The fraction of sp³-hybridized carbons (Fsp3) is 0.640. The van der Waals surface area contributed by atoms with E-state index < -0.39 is 0 Å². The quantitative estimate of drug-likeness (QED) is 0.743. The normalized spacial score (nSPS) is 29.6. The van der Waals surface area contributed by atoms with E-state index in [-0.39, 0.29) is 24.2 Å². The van der Waals surface area contributed by atoms with Crippen LogP contribution in [0.1, 0.15) is 44.1 Å². The first-order chi connectivity index (χ1) is 16.2. The summed E-state index contributed by atoms with van der Waals surface area (Å²) in [6.45, 7) is 8.02. The van der Waals surface area contributed by atoms with Gasteiger partial charge in [-0.15, -0.1) is 0 Å². The van der Waals surface area contributed by atoms with Crippen LogP contribution in [-0.4, -0.2) is 85.5 Å². The summed E-state index contributed by atoms with van der Waals surface area (Å²) in [5.74, 6) is 1.67. The van der Waals surface area contributed by atoms with Crippen LogP contribution in [0.2, 0.25) is 0 Å². The van der Waals surface area contributed by atoms with Gasteiger partial charge < -0.3 is 15.0 Å². The van der Waals surface area contributed by atoms with E-state index in [1.807, 2.05) is 5.01 Å². The molecule has 3 saturated heterocycles. The van der Waals surface area contributed by atoms with Crippen LogP contribution >= 0.6 is 0 Å². The van der Waals surface area contributed by atoms with Crippen molar-refractivity contribution in [2.24, 2.45) is 16.0 Å². The van der Waals surface area contributed by atoms with Crippen molar-refractivity contribution in [2.45, 2.75) is 56.8 Å². The Labute approximate surface area is 195 Å². The van der Waals surface area contributed by atoms with E-state index in [0.717, 1.165) is 45.0 Å². The maximum atomic E-state index is 12.8. The van der Waals surface area contributed by atoms with Gasteiger partial charge in [0, 0.05) is 63.1 Å². The average molecular weight is 451 g/mol. The number of rotatable bonds is 5. The van der Waals surface area contributed by atoms with Gasteiger partial charge >= 0.3 is 0 Å². The van der Waals surface area contributed by atoms with Crippen molar-refractivity contribution in [3.63, 3.8) is 0 Å². The minimum atomic E-state index is -0.382. The number of nitrogens with zero attached hydrogens (tertiary/aromatic N) is 5. The molecule has 0 saturated carbocycles. The highest BCUT2D eigenvalue weighted by atomic mass is 16.5. The minimum absolute atomic E-state index is 0.0141. The van der Waals surface area contributed by atoms with Gasteiger partial charge in [-0.25, -0.2) is 0 Å². The Bertz CT molecular complexity index is 929. The Balaban J connectivity index is 1.09. The Kier molecular flexibility index (Phi) is 5.58. The molecule has 0 spiro atoms. The molecular weight excluding hydrogens is 416 g/mol. The monoisotopic (exact) mass is 450 g/mol. The first-order valence-corrected chi connectivity index (χ1v) is 12.5. The Morgan fingerprint density at radius 2 is 1.82 bits per heavy atom. The number of likely N-dealkylation sites (tertiary alicyclic amines) is 1. The number of anilines is 1. The lowest BCUT2D eigenvalue weighted by Gasteiger charge is -2.45. The zero-order valence-corrected chi connectivity index (χ0v) is 19.4. The first kappa shape index (κ1) is 21.1. The summed E-state index contributed by atoms with van der Waals surface area (Å²) in [6, 6.07) is 8.85. The number of amidine groups is 1. The number of hydrogen-bond donors (Lipinski definition) is 1. The van der Waals surface area contributed by atoms with Crippen LogP contribution in [0.4, 0.5) is 5.69 Å². The largest absolute Gasteiger partial charge is 0.381 e. The number of ether oxygens (including phenoxy) is 1. The molecule has 1 aromatic rings. The van der Waals surface area contributed by atoms with E-state index in [4.69, 9.17) is 9.84 Å². The molecule has 0 aliphatic carbocycles. The molecule has 8 heteroatoms. The van der Waals surface area contributed by atoms with Gasteiger partial charge in [-0.2, -0.15) is 5.10 Å². The maximum absolute atomic E-state index is 12.8. The van der Waals surface area contributed by atoms with Crippen molar-refractivity contribution in [1.29, 1.82) is 0 Å². The van der Waals surface area contributed by atoms with Crippen molar-refractivity contribution in [1.82, 2.24) is 15.2 Å². The molecule has 8 nitrogen and oxygen atoms in total. The molecule has 0 bridgehead atoms. The SMILES string of the molecule is CC(C1=NN2C(C=NC2C2CCOCC2)C(=O)N1)N1CC(c2ccc(N3CCCC3)cc2)C1. The van der Waals surface area contributed by atoms with Crippen LogP contribution in [-0.2, 0) is 9.53 Å². The molecule has 5 heterocycles. The summed E-state index contributed by atoms with van der Waals surface area (Å²) in [5, 5.41) is 9.91. The number of carbonyl (C=O) groups excluding carboxylic acids is 1. The second-order valence-corrected chi connectivity index (χ2v) is 10.1. The molecule has 0 aromatic heterocycles. The maximum Gasteiger partial charge on any atom is 0.255 e. The number of carbonyl (C=O) groups is 1. The van der Waals surface area contributed by atoms with E-state index in [2.05, 4.69) is 51.3 Å². The average Bonchev–Trinajstić information content (AvgIpc) is 3.50. The molecule has 1 N–H and O–H groups in total. The molecular formula is C25H34N6O2. The number of amides is 1. The summed E-state index contributed by atoms with van der Waals surface area (Å²) in [5.41, 5.74) is 2.75. The topological polar surface area (TPSA) is 72.8 Å². The number of hydrazone groups is 1. The molecule has 5 aliphatic rings. The van der Waals surface area contributed by atoms with Gasteiger partial charge in [-0.05, 0) is 50.3 Å². The molecule has 5 aliphatic heterocycles. The molecule has 6 rings (SSSR count). The molecule has 3 fully saturated rings. The molecule has 3 atom stereocenters. The zero-order chi connectivity index (χ0) is 22.4. The number of fused-ring (bicyclic) bond motifs is 1. The van der Waals surface area contributed by atoms with Gasteiger partial charge in [-0.3, -0.25) is 19.7 Å². The molecule has 0 radical (unpaired) electrons. The Morgan fingerprint density at radius 3 is 2.55 bits per heavy atom. The fourth-order valence-corrected chi connectivity index (χ4v) is 5.81. The van der Waals surface area contributed by atoms with E-state index in [1.54, 1.807) is 6.21 Å². The second-order valence-electron chi connectivity index (χ2n) is 10.1. The van der Waals surface area contributed by atoms with Crippen LogP contribution < -0.4 is 10.2 Å². The third-order valence-corrected chi connectivity index (χ3v) is 8.06. The predicted molar refractivity (Wildman–Crippen MR) is 129 cm³/mol. The smallest absolute Gasteiger partial charge is 0.255 e. The molecule has 1 aromatic carbocycles. The Morgan fingerprint density at radius 1 is 1.09 bits per heavy atom. The minimum Gasteiger partial charge on any atom is -0.381 e. The summed E-state index contributed by atoms with van der Waals surface area (Å²) in [7, 11) is 0. The van der Waals surface area contributed by atoms with Gasteiger partial charge in [0.15, 0.2) is 6.04 Å². The summed E-state index contributed by atoms with van der Waals surface area (Å²) < 4.78 is 5.51. The number of hydrogen-bond acceptors (Lipinski definition) is 7. The number of aliphatic imine (C=N–C) groups is 1. The third kappa shape index (κ3) is 3.93. The van der Waals surface area contributed by atoms with Crippen LogP contribution in [0.25, 0.3) is 0 Å². The van der Waals surface area contributed by atoms with Gasteiger partial charge in [0.05, 0.1) is 6.04 Å². The molecule has 176 valence electrons. The number of benzene rings is 1. The van der Waals surface area contributed by atoms with Crippen LogP contribution in [0, 0.1) is 5.92 Å². The van der Waals surface area contributed by atoms with Gasteiger partial charge in [0.25, 0.3) is 5.91 Å². The predicted octanol–water partition coefficient (Wildman–Crippen LogP) is 2.03. The summed E-state index contributed by atoms with van der Waals surface area (Å²) in [4.78, 5) is 22.4.